The average Bonchev–Trinajstić information content (AvgIpc) is 2.86. The molecule has 0 aliphatic rings. The molecule has 2 aromatic rings. The number of nitrogens with zero attached hydrogens (tertiary/aromatic N) is 3. The third-order valence-corrected chi connectivity index (χ3v) is 2.92. The molecular formula is C14H15N3O4. The van der Waals surface area contributed by atoms with Crippen LogP contribution in [0.15, 0.2) is 30.5 Å². The number of imidazole rings is 1. The number of carbonyl (C=O) groups is 1. The smallest absolute Gasteiger partial charge is 0.419 e. The summed E-state index contributed by atoms with van der Waals surface area (Å²) in [5, 5.41) is 10.5. The summed E-state index contributed by atoms with van der Waals surface area (Å²) in [6, 6.07) is 5.88. The first-order valence-corrected chi connectivity index (χ1v) is 6.46. The van der Waals surface area contributed by atoms with Crippen LogP contribution in [0.25, 0.3) is 0 Å². The molecule has 1 aromatic carbocycles. The lowest BCUT2D eigenvalue weighted by molar-refractivity contribution is -0.384. The topological polar surface area (TPSA) is 87.3 Å². The number of rotatable bonds is 4. The van der Waals surface area contributed by atoms with Crippen molar-refractivity contribution in [2.45, 2.75) is 26.9 Å². The van der Waals surface area contributed by atoms with Crippen LogP contribution in [0.4, 0.5) is 10.5 Å². The Kier molecular flexibility index (Phi) is 4.32. The molecule has 2 rings (SSSR count). The van der Waals surface area contributed by atoms with Crippen molar-refractivity contribution in [1.82, 2.24) is 9.55 Å². The fraction of sp³-hybridized carbons (Fsp3) is 0.286. The van der Waals surface area contributed by atoms with Crippen molar-refractivity contribution in [2.24, 2.45) is 0 Å². The largest absolute Gasteiger partial charge is 0.444 e. The van der Waals surface area contributed by atoms with E-state index in [1.54, 1.807) is 25.3 Å². The van der Waals surface area contributed by atoms with E-state index in [0.717, 1.165) is 5.69 Å². The number of nitro groups is 1. The van der Waals surface area contributed by atoms with Gasteiger partial charge in [-0.05, 0) is 24.6 Å². The van der Waals surface area contributed by atoms with E-state index in [0.29, 0.717) is 17.8 Å². The zero-order chi connectivity index (χ0) is 15.4. The van der Waals surface area contributed by atoms with Gasteiger partial charge >= 0.3 is 6.09 Å². The summed E-state index contributed by atoms with van der Waals surface area (Å²) in [4.78, 5) is 26.3. The Hall–Kier alpha value is -2.70. The molecule has 0 saturated carbocycles. The molecule has 0 aliphatic carbocycles. The van der Waals surface area contributed by atoms with E-state index in [1.165, 1.54) is 16.7 Å². The summed E-state index contributed by atoms with van der Waals surface area (Å²) in [6.45, 7) is 3.76. The second-order valence-electron chi connectivity index (χ2n) is 4.50. The van der Waals surface area contributed by atoms with Crippen LogP contribution in [0.2, 0.25) is 0 Å². The molecule has 0 unspecified atom stereocenters. The van der Waals surface area contributed by atoms with Gasteiger partial charge < -0.3 is 4.74 Å². The minimum Gasteiger partial charge on any atom is -0.444 e. The molecule has 0 saturated heterocycles. The summed E-state index contributed by atoms with van der Waals surface area (Å²) >= 11 is 0. The Morgan fingerprint density at radius 2 is 2.05 bits per heavy atom. The number of non-ortho nitro benzene ring substituents is 1. The van der Waals surface area contributed by atoms with Crippen LogP contribution in [-0.4, -0.2) is 20.6 Å². The van der Waals surface area contributed by atoms with Gasteiger partial charge in [-0.2, -0.15) is 0 Å². The highest BCUT2D eigenvalue weighted by atomic mass is 16.6. The number of hydrogen-bond donors (Lipinski definition) is 0. The molecule has 0 spiro atoms. The summed E-state index contributed by atoms with van der Waals surface area (Å²) in [5.41, 5.74) is 1.44. The Bertz CT molecular complexity index is 661. The van der Waals surface area contributed by atoms with Crippen LogP contribution in [0, 0.1) is 17.0 Å². The average molecular weight is 289 g/mol. The van der Waals surface area contributed by atoms with Gasteiger partial charge in [0.15, 0.2) is 0 Å². The van der Waals surface area contributed by atoms with E-state index in [1.807, 2.05) is 6.92 Å². The summed E-state index contributed by atoms with van der Waals surface area (Å²) < 4.78 is 6.56. The third-order valence-electron chi connectivity index (χ3n) is 2.92. The zero-order valence-electron chi connectivity index (χ0n) is 11.8. The third kappa shape index (κ3) is 3.44. The first-order valence-electron chi connectivity index (χ1n) is 6.46. The monoisotopic (exact) mass is 289 g/mol. The Morgan fingerprint density at radius 1 is 1.38 bits per heavy atom. The fourth-order valence-electron chi connectivity index (χ4n) is 1.88. The molecule has 1 heterocycles. The number of ether oxygens (including phenoxy) is 1. The van der Waals surface area contributed by atoms with E-state index in [-0.39, 0.29) is 12.3 Å². The second kappa shape index (κ2) is 6.17. The van der Waals surface area contributed by atoms with Gasteiger partial charge in [0.2, 0.25) is 0 Å². The number of benzene rings is 1. The van der Waals surface area contributed by atoms with E-state index in [9.17, 15) is 14.9 Å². The van der Waals surface area contributed by atoms with Gasteiger partial charge in [0.1, 0.15) is 12.4 Å². The van der Waals surface area contributed by atoms with Crippen molar-refractivity contribution >= 4 is 11.8 Å². The molecule has 0 atom stereocenters. The van der Waals surface area contributed by atoms with Gasteiger partial charge in [-0.25, -0.2) is 14.3 Å². The van der Waals surface area contributed by atoms with Crippen LogP contribution in [0.1, 0.15) is 24.0 Å². The number of aryl methyl sites for hydroxylation is 2. The number of hydrogen-bond acceptors (Lipinski definition) is 5. The number of carbonyl (C=O) groups excluding carboxylic acids is 1. The molecule has 0 N–H and O–H groups in total. The van der Waals surface area contributed by atoms with Crippen molar-refractivity contribution in [3.05, 3.63) is 57.7 Å². The molecule has 0 bridgehead atoms. The lowest BCUT2D eigenvalue weighted by Crippen LogP contribution is -2.15. The SMILES string of the molecule is CCc1nc(C)cn1C(=O)OCc1ccc([N+](=O)[O-])cc1. The number of aromatic nitrogens is 2. The number of nitro benzene ring substituents is 1. The van der Waals surface area contributed by atoms with E-state index in [2.05, 4.69) is 4.98 Å². The molecule has 7 heteroatoms. The highest BCUT2D eigenvalue weighted by Crippen LogP contribution is 2.13. The predicted molar refractivity (Wildman–Crippen MR) is 75.0 cm³/mol. The molecule has 21 heavy (non-hydrogen) atoms. The molecule has 7 nitrogen and oxygen atoms in total. The van der Waals surface area contributed by atoms with Crippen LogP contribution in [0.3, 0.4) is 0 Å². The molecule has 110 valence electrons. The summed E-state index contributed by atoms with van der Waals surface area (Å²) in [5.74, 6) is 0.640. The highest BCUT2D eigenvalue weighted by molar-refractivity contribution is 5.71. The minimum atomic E-state index is -0.509. The van der Waals surface area contributed by atoms with Crippen LogP contribution >= 0.6 is 0 Å². The van der Waals surface area contributed by atoms with Crippen LogP contribution < -0.4 is 0 Å². The maximum Gasteiger partial charge on any atom is 0.419 e. The predicted octanol–water partition coefficient (Wildman–Crippen LogP) is 2.85. The van der Waals surface area contributed by atoms with Gasteiger partial charge in [0.25, 0.3) is 5.69 Å². The normalized spacial score (nSPS) is 10.4. The van der Waals surface area contributed by atoms with Crippen molar-refractivity contribution in [3.63, 3.8) is 0 Å². The summed E-state index contributed by atoms with van der Waals surface area (Å²) in [7, 11) is 0. The first kappa shape index (κ1) is 14.7. The van der Waals surface area contributed by atoms with E-state index < -0.39 is 11.0 Å². The van der Waals surface area contributed by atoms with Crippen LogP contribution in [-0.2, 0) is 17.8 Å². The summed E-state index contributed by atoms with van der Waals surface area (Å²) in [6.07, 6.45) is 1.74. The molecule has 0 aliphatic heterocycles. The molecule has 0 radical (unpaired) electrons. The fourth-order valence-corrected chi connectivity index (χ4v) is 1.88. The lowest BCUT2D eigenvalue weighted by atomic mass is 10.2. The molecule has 0 fully saturated rings. The molecule has 0 amide bonds. The lowest BCUT2D eigenvalue weighted by Gasteiger charge is -2.07. The van der Waals surface area contributed by atoms with Crippen molar-refractivity contribution < 1.29 is 14.5 Å². The standard InChI is InChI=1S/C14H15N3O4/c1-3-13-15-10(2)8-16(13)14(18)21-9-11-4-6-12(7-5-11)17(19)20/h4-8H,3,9H2,1-2H3. The van der Waals surface area contributed by atoms with Gasteiger partial charge in [0.05, 0.1) is 10.6 Å². The van der Waals surface area contributed by atoms with E-state index >= 15 is 0 Å². The zero-order valence-corrected chi connectivity index (χ0v) is 11.8. The highest BCUT2D eigenvalue weighted by Gasteiger charge is 2.13. The van der Waals surface area contributed by atoms with Crippen molar-refractivity contribution in [2.75, 3.05) is 0 Å². The minimum absolute atomic E-state index is 0.00331. The maximum atomic E-state index is 12.0. The Balaban J connectivity index is 2.02. The van der Waals surface area contributed by atoms with E-state index in [4.69, 9.17) is 4.74 Å². The maximum absolute atomic E-state index is 12.0. The molecule has 1 aromatic heterocycles. The van der Waals surface area contributed by atoms with Crippen LogP contribution in [0.5, 0.6) is 0 Å². The molecular weight excluding hydrogens is 274 g/mol. The first-order chi connectivity index (χ1) is 10.0. The quantitative estimate of drug-likeness (QED) is 0.638. The van der Waals surface area contributed by atoms with Gasteiger partial charge in [0, 0.05) is 24.8 Å². The Morgan fingerprint density at radius 3 is 2.62 bits per heavy atom. The second-order valence-corrected chi connectivity index (χ2v) is 4.50. The Labute approximate surface area is 121 Å². The van der Waals surface area contributed by atoms with Gasteiger partial charge in [-0.15, -0.1) is 0 Å². The van der Waals surface area contributed by atoms with Gasteiger partial charge in [-0.1, -0.05) is 6.92 Å². The van der Waals surface area contributed by atoms with Gasteiger partial charge in [-0.3, -0.25) is 10.1 Å². The van der Waals surface area contributed by atoms with Crippen molar-refractivity contribution in [1.29, 1.82) is 0 Å². The van der Waals surface area contributed by atoms with Crippen molar-refractivity contribution in [3.8, 4) is 0 Å².